The minimum atomic E-state index is -4.34. The lowest BCUT2D eigenvalue weighted by Gasteiger charge is -2.20. The molecule has 30 heavy (non-hydrogen) atoms. The van der Waals surface area contributed by atoms with Crippen molar-refractivity contribution in [2.45, 2.75) is 18.6 Å². The van der Waals surface area contributed by atoms with Crippen LogP contribution in [0.4, 0.5) is 0 Å². The summed E-state index contributed by atoms with van der Waals surface area (Å²) in [5.41, 5.74) is -0.125. The summed E-state index contributed by atoms with van der Waals surface area (Å²) in [6.45, 7) is -0.147. The molecule has 14 nitrogen and oxygen atoms in total. The molecule has 0 spiro atoms. The van der Waals surface area contributed by atoms with Crippen molar-refractivity contribution in [3.63, 3.8) is 0 Å². The maximum absolute atomic E-state index is 12.4. The van der Waals surface area contributed by atoms with Gasteiger partial charge in [-0.2, -0.15) is 0 Å². The number of likely N-dealkylation sites (tertiary alicyclic amines) is 1. The van der Waals surface area contributed by atoms with Crippen LogP contribution in [0.2, 0.25) is 0 Å². The van der Waals surface area contributed by atoms with E-state index in [1.165, 1.54) is 17.6 Å². The summed E-state index contributed by atoms with van der Waals surface area (Å²) in [5.74, 6) is -0.500. The molecule has 1 aliphatic rings. The van der Waals surface area contributed by atoms with E-state index in [0.29, 0.717) is 0 Å². The van der Waals surface area contributed by atoms with Crippen LogP contribution in [0, 0.1) is 0 Å². The van der Waals surface area contributed by atoms with E-state index >= 15 is 0 Å². The molecule has 166 valence electrons. The Morgan fingerprint density at radius 3 is 2.53 bits per heavy atom. The number of nitrogens with one attached hydrogen (secondary N) is 1. The zero-order chi connectivity index (χ0) is 22.1. The van der Waals surface area contributed by atoms with E-state index in [4.69, 9.17) is 24.3 Å². The van der Waals surface area contributed by atoms with E-state index in [9.17, 15) is 18.7 Å². The molecule has 2 aromatic heterocycles. The van der Waals surface area contributed by atoms with Gasteiger partial charge in [0.25, 0.3) is 5.56 Å². The van der Waals surface area contributed by atoms with Crippen LogP contribution in [0.1, 0.15) is 12.5 Å². The predicted octanol–water partition coefficient (Wildman–Crippen LogP) is -1.37. The average molecular weight is 465 g/mol. The second kappa shape index (κ2) is 8.67. The van der Waals surface area contributed by atoms with Crippen LogP contribution < -0.4 is 5.56 Å². The van der Waals surface area contributed by atoms with E-state index in [0.717, 1.165) is 0 Å². The zero-order valence-electron chi connectivity index (χ0n) is 15.6. The highest BCUT2D eigenvalue weighted by atomic mass is 31.2. The first-order chi connectivity index (χ1) is 13.9. The Labute approximate surface area is 169 Å². The van der Waals surface area contributed by atoms with Gasteiger partial charge in [-0.1, -0.05) is 0 Å². The Morgan fingerprint density at radius 2 is 1.87 bits per heavy atom. The number of hydrogen-bond donors (Lipinski definition) is 5. The molecule has 3 rings (SSSR count). The van der Waals surface area contributed by atoms with Gasteiger partial charge in [0.05, 0.1) is 43.7 Å². The van der Waals surface area contributed by atoms with Gasteiger partial charge in [-0.05, 0) is 0 Å². The summed E-state index contributed by atoms with van der Waals surface area (Å²) in [7, 11) is -8.62. The van der Waals surface area contributed by atoms with Gasteiger partial charge in [0.1, 0.15) is 0 Å². The third kappa shape index (κ3) is 5.61. The molecule has 0 aromatic carbocycles. The normalized spacial score (nSPS) is 20.2. The highest BCUT2D eigenvalue weighted by Gasteiger charge is 2.38. The summed E-state index contributed by atoms with van der Waals surface area (Å²) in [6.07, 6.45) is 0.390. The fourth-order valence-corrected chi connectivity index (χ4v) is 4.05. The second-order valence-electron chi connectivity index (χ2n) is 6.86. The molecule has 16 heteroatoms. The van der Waals surface area contributed by atoms with E-state index < -0.39 is 51.1 Å². The van der Waals surface area contributed by atoms with E-state index in [1.54, 1.807) is 4.57 Å². The molecular formula is C14H21N5O9P2. The van der Waals surface area contributed by atoms with Gasteiger partial charge in [0.2, 0.25) is 5.91 Å². The number of aromatic amines is 1. The number of aromatic nitrogens is 4. The molecule has 0 unspecified atom stereocenters. The van der Waals surface area contributed by atoms with Gasteiger partial charge in [-0.15, -0.1) is 0 Å². The molecule has 2 aromatic rings. The van der Waals surface area contributed by atoms with Crippen LogP contribution in [-0.4, -0.2) is 88.0 Å². The van der Waals surface area contributed by atoms with Crippen molar-refractivity contribution in [1.29, 1.82) is 0 Å². The zero-order valence-corrected chi connectivity index (χ0v) is 17.4. The summed E-state index contributed by atoms with van der Waals surface area (Å²) < 4.78 is 29.3. The van der Waals surface area contributed by atoms with Crippen molar-refractivity contribution < 1.29 is 38.2 Å². The molecule has 1 saturated heterocycles. The lowest BCUT2D eigenvalue weighted by molar-refractivity contribution is -0.130. The Balaban J connectivity index is 1.82. The second-order valence-corrected chi connectivity index (χ2v) is 10.4. The largest absolute Gasteiger partial charge is 0.373 e. The first kappa shape index (κ1) is 22.8. The molecule has 1 amide bonds. The van der Waals surface area contributed by atoms with E-state index in [2.05, 4.69) is 15.0 Å². The quantitative estimate of drug-likeness (QED) is 0.287. The number of carbonyl (C=O) groups is 1. The number of rotatable bonds is 8. The molecule has 1 aliphatic heterocycles. The first-order valence-corrected chi connectivity index (χ1v) is 12.4. The molecule has 0 bridgehead atoms. The molecule has 0 aliphatic carbocycles. The number of hydrogen-bond acceptors (Lipinski definition) is 7. The Bertz CT molecular complexity index is 1070. The van der Waals surface area contributed by atoms with Gasteiger partial charge in [-0.25, -0.2) is 9.97 Å². The Hall–Kier alpha value is -1.92. The van der Waals surface area contributed by atoms with Crippen LogP contribution in [0.5, 0.6) is 0 Å². The summed E-state index contributed by atoms with van der Waals surface area (Å²) in [4.78, 5) is 72.2. The maximum Gasteiger partial charge on any atom is 0.327 e. The fraction of sp³-hybridized carbons (Fsp3) is 0.571. The minimum Gasteiger partial charge on any atom is -0.373 e. The Kier molecular flexibility index (Phi) is 6.58. The van der Waals surface area contributed by atoms with Crippen LogP contribution >= 0.6 is 15.2 Å². The van der Waals surface area contributed by atoms with Gasteiger partial charge >= 0.3 is 15.2 Å². The van der Waals surface area contributed by atoms with Crippen LogP contribution in [-0.2, 0) is 18.7 Å². The number of fused-ring (bicyclic) bond motifs is 1. The lowest BCUT2D eigenvalue weighted by atomic mass is 10.2. The van der Waals surface area contributed by atoms with E-state index in [1.807, 2.05) is 0 Å². The molecule has 3 heterocycles. The molecule has 2 atom stereocenters. The van der Waals surface area contributed by atoms with E-state index in [-0.39, 0.29) is 37.3 Å². The average Bonchev–Trinajstić information content (AvgIpc) is 3.23. The maximum atomic E-state index is 12.4. The molecule has 0 radical (unpaired) electrons. The summed E-state index contributed by atoms with van der Waals surface area (Å²) in [5, 5.41) is 0. The minimum absolute atomic E-state index is 0.0364. The van der Waals surface area contributed by atoms with Crippen LogP contribution in [0.3, 0.4) is 0 Å². The third-order valence-electron chi connectivity index (χ3n) is 4.64. The fourth-order valence-electron chi connectivity index (χ4n) is 3.22. The van der Waals surface area contributed by atoms with Crippen molar-refractivity contribution in [3.05, 3.63) is 23.0 Å². The molecule has 1 fully saturated rings. The number of H-pyrrole nitrogens is 1. The lowest BCUT2D eigenvalue weighted by Crippen LogP contribution is -2.30. The summed E-state index contributed by atoms with van der Waals surface area (Å²) >= 11 is 0. The number of nitrogens with zero attached hydrogens (tertiary/aromatic N) is 4. The van der Waals surface area contributed by atoms with Gasteiger partial charge in [0.15, 0.2) is 11.2 Å². The number of carbonyl (C=O) groups excluding carboxylic acids is 1. The number of imidazole rings is 1. The monoisotopic (exact) mass is 465 g/mol. The standard InChI is InChI=1S/C14H21N5O9P2/c20-11(1-3-29(22,23)24)18-5-9(10(6-18)28-2-4-30(25,26)27)19-8-17-12-13(19)15-7-16-14(12)21/h7-10H,1-6H2,(H,15,16,21)(H2,22,23,24)(H2,25,26,27)/t9-,10+/m1/s1. The predicted molar refractivity (Wildman–Crippen MR) is 102 cm³/mol. The smallest absolute Gasteiger partial charge is 0.327 e. The highest BCUT2D eigenvalue weighted by Crippen LogP contribution is 2.36. The highest BCUT2D eigenvalue weighted by molar-refractivity contribution is 7.52. The first-order valence-electron chi connectivity index (χ1n) is 8.83. The van der Waals surface area contributed by atoms with Gasteiger partial charge < -0.3 is 38.8 Å². The number of amides is 1. The summed E-state index contributed by atoms with van der Waals surface area (Å²) in [6, 6.07) is -0.569. The van der Waals surface area contributed by atoms with Crippen molar-refractivity contribution >= 4 is 32.3 Å². The SMILES string of the molecule is O=C(CCP(=O)(O)O)N1C[C@H](OCCP(=O)(O)O)[C@H](n2cnc3c(=O)[nH]cnc32)C1. The topological polar surface area (TPSA) is 208 Å². The van der Waals surface area contributed by atoms with Crippen molar-refractivity contribution in [2.75, 3.05) is 32.0 Å². The van der Waals surface area contributed by atoms with Crippen molar-refractivity contribution in [1.82, 2.24) is 24.4 Å². The van der Waals surface area contributed by atoms with Gasteiger partial charge in [-0.3, -0.25) is 18.7 Å². The molecular weight excluding hydrogens is 444 g/mol. The Morgan fingerprint density at radius 1 is 1.17 bits per heavy atom. The van der Waals surface area contributed by atoms with Gasteiger partial charge in [0, 0.05) is 19.5 Å². The van der Waals surface area contributed by atoms with Crippen molar-refractivity contribution in [2.24, 2.45) is 0 Å². The van der Waals surface area contributed by atoms with Crippen LogP contribution in [0.15, 0.2) is 17.4 Å². The number of ether oxygens (including phenoxy) is 1. The van der Waals surface area contributed by atoms with Crippen LogP contribution in [0.25, 0.3) is 11.2 Å². The molecule has 0 saturated carbocycles. The molecule has 5 N–H and O–H groups in total. The van der Waals surface area contributed by atoms with Crippen molar-refractivity contribution in [3.8, 4) is 0 Å². The third-order valence-corrected chi connectivity index (χ3v) is 6.21.